The van der Waals surface area contributed by atoms with Gasteiger partial charge in [-0.25, -0.2) is 0 Å². The molecule has 0 aliphatic rings. The number of hydrogen-bond donors (Lipinski definition) is 2. The van der Waals surface area contributed by atoms with Gasteiger partial charge in [0.2, 0.25) is 0 Å². The fourth-order valence-electron chi connectivity index (χ4n) is 2.75. The highest BCUT2D eigenvalue weighted by atomic mass is 28.4. The van der Waals surface area contributed by atoms with E-state index in [1.807, 2.05) is 40.0 Å². The van der Waals surface area contributed by atoms with Crippen LogP contribution in [0.4, 0.5) is 0 Å². The van der Waals surface area contributed by atoms with Gasteiger partial charge in [0, 0.05) is 0 Å². The van der Waals surface area contributed by atoms with Gasteiger partial charge in [0.1, 0.15) is 0 Å². The Bertz CT molecular complexity index is 309. The quantitative estimate of drug-likeness (QED) is 0.673. The average molecular weight is 307 g/mol. The lowest BCUT2D eigenvalue weighted by Crippen LogP contribution is -2.52. The molecule has 0 fully saturated rings. The number of carboxylic acids is 2. The minimum Gasteiger partial charge on any atom is -0.481 e. The summed E-state index contributed by atoms with van der Waals surface area (Å²) in [6.07, 6.45) is 1.03. The van der Waals surface area contributed by atoms with Gasteiger partial charge in [-0.1, -0.05) is 13.8 Å². The highest BCUT2D eigenvalue weighted by Gasteiger charge is 2.46. The maximum atomic E-state index is 11.3. The summed E-state index contributed by atoms with van der Waals surface area (Å²) < 4.78 is 6.17. The van der Waals surface area contributed by atoms with Crippen molar-refractivity contribution in [1.82, 2.24) is 0 Å². The maximum Gasteiger partial charge on any atom is 0.306 e. The van der Waals surface area contributed by atoms with Crippen LogP contribution in [0.15, 0.2) is 0 Å². The Kier molecular flexibility index (Phi) is 6.43. The molecule has 2 N–H and O–H groups in total. The molecule has 0 aromatic carbocycles. The van der Waals surface area contributed by atoms with Gasteiger partial charge in [0.05, 0.1) is 11.1 Å². The number of hydrogen-bond acceptors (Lipinski definition) is 3. The van der Waals surface area contributed by atoms with Crippen LogP contribution in [0.3, 0.4) is 0 Å². The van der Waals surface area contributed by atoms with E-state index in [2.05, 4.69) is 0 Å². The molecule has 0 aromatic heterocycles. The van der Waals surface area contributed by atoms with Gasteiger partial charge in [0.15, 0.2) is 16.6 Å². The van der Waals surface area contributed by atoms with Gasteiger partial charge in [-0.15, -0.1) is 0 Å². The Morgan fingerprint density at radius 1 is 0.895 bits per heavy atom. The molecule has 5 nitrogen and oxygen atoms in total. The van der Waals surface area contributed by atoms with E-state index in [9.17, 15) is 19.8 Å². The number of rotatable bonds is 8. The van der Waals surface area contributed by atoms with E-state index in [4.69, 9.17) is 4.12 Å². The third-order valence-electron chi connectivity index (χ3n) is 3.62. The molecule has 0 spiro atoms. The van der Waals surface area contributed by atoms with Crippen LogP contribution in [0.5, 0.6) is 0 Å². The van der Waals surface area contributed by atoms with Crippen molar-refractivity contribution in [3.8, 4) is 0 Å². The second-order valence-corrected chi connectivity index (χ2v) is 14.5. The summed E-state index contributed by atoms with van der Waals surface area (Å²) >= 11 is 0. The van der Waals surface area contributed by atoms with Crippen LogP contribution in [-0.2, 0) is 13.7 Å². The van der Waals surface area contributed by atoms with Crippen LogP contribution in [-0.4, -0.2) is 38.8 Å². The summed E-state index contributed by atoms with van der Waals surface area (Å²) in [4.78, 5) is 22.6. The lowest BCUT2D eigenvalue weighted by Gasteiger charge is -2.39. The van der Waals surface area contributed by atoms with E-state index in [1.165, 1.54) is 0 Å². The first-order valence-electron chi connectivity index (χ1n) is 6.65. The molecule has 0 bridgehead atoms. The van der Waals surface area contributed by atoms with Crippen LogP contribution >= 0.6 is 0 Å². The van der Waals surface area contributed by atoms with E-state index >= 15 is 0 Å². The molecule has 0 aromatic rings. The third-order valence-corrected chi connectivity index (χ3v) is 12.5. The van der Waals surface area contributed by atoms with Gasteiger partial charge in [-0.3, -0.25) is 9.59 Å². The largest absolute Gasteiger partial charge is 0.481 e. The fourth-order valence-corrected chi connectivity index (χ4v) is 12.5. The SMILES string of the molecule is CCC(C(=O)O)[Si](C)(C)O[Si](C)(C)C(CC)C(=O)O. The molecule has 0 rings (SSSR count). The van der Waals surface area contributed by atoms with E-state index in [0.717, 1.165) is 0 Å². The van der Waals surface area contributed by atoms with Gasteiger partial charge >= 0.3 is 11.9 Å². The van der Waals surface area contributed by atoms with Crippen LogP contribution in [0, 0.1) is 0 Å². The third kappa shape index (κ3) is 4.74. The van der Waals surface area contributed by atoms with Crippen molar-refractivity contribution < 1.29 is 23.9 Å². The lowest BCUT2D eigenvalue weighted by atomic mass is 10.3. The van der Waals surface area contributed by atoms with Crippen LogP contribution in [0.2, 0.25) is 37.3 Å². The van der Waals surface area contributed by atoms with E-state index in [-0.39, 0.29) is 0 Å². The van der Waals surface area contributed by atoms with Crippen LogP contribution in [0.25, 0.3) is 0 Å². The van der Waals surface area contributed by atoms with E-state index in [0.29, 0.717) is 12.8 Å². The maximum absolute atomic E-state index is 11.3. The summed E-state index contributed by atoms with van der Waals surface area (Å²) in [5.74, 6) is -1.68. The van der Waals surface area contributed by atoms with Crippen molar-refractivity contribution in [2.24, 2.45) is 0 Å². The molecule has 2 atom stereocenters. The fraction of sp³-hybridized carbons (Fsp3) is 0.833. The Morgan fingerprint density at radius 2 is 1.16 bits per heavy atom. The smallest absolute Gasteiger partial charge is 0.306 e. The molecular formula is C12H26O5Si2. The van der Waals surface area contributed by atoms with Gasteiger partial charge in [-0.05, 0) is 39.0 Å². The van der Waals surface area contributed by atoms with Gasteiger partial charge in [-0.2, -0.15) is 0 Å². The van der Waals surface area contributed by atoms with E-state index in [1.54, 1.807) is 0 Å². The van der Waals surface area contributed by atoms with Crippen molar-refractivity contribution in [2.45, 2.75) is 64.0 Å². The molecule has 0 radical (unpaired) electrons. The molecule has 0 aliphatic heterocycles. The normalized spacial score (nSPS) is 15.9. The molecule has 0 saturated carbocycles. The molecule has 0 aliphatic carbocycles. The zero-order valence-corrected chi connectivity index (χ0v) is 14.7. The molecule has 0 saturated heterocycles. The summed E-state index contributed by atoms with van der Waals surface area (Å²) in [6, 6.07) is 0. The minimum absolute atomic E-state index is 0.495. The monoisotopic (exact) mass is 306 g/mol. The first-order valence-corrected chi connectivity index (χ1v) is 12.6. The Balaban J connectivity index is 5.17. The first kappa shape index (κ1) is 18.3. The number of carbonyl (C=O) groups is 2. The second-order valence-electron chi connectivity index (χ2n) is 5.91. The average Bonchev–Trinajstić information content (AvgIpc) is 2.14. The Hall–Kier alpha value is -0.666. The summed E-state index contributed by atoms with van der Waals surface area (Å²) in [6.45, 7) is 11.2. The highest BCUT2D eigenvalue weighted by molar-refractivity contribution is 6.88. The molecule has 19 heavy (non-hydrogen) atoms. The lowest BCUT2D eigenvalue weighted by molar-refractivity contribution is -0.138. The van der Waals surface area contributed by atoms with Crippen molar-refractivity contribution in [3.05, 3.63) is 0 Å². The Morgan fingerprint density at radius 3 is 1.32 bits per heavy atom. The topological polar surface area (TPSA) is 83.8 Å². The predicted octanol–water partition coefficient (Wildman–Crippen LogP) is 3.14. The molecule has 112 valence electrons. The minimum atomic E-state index is -2.46. The molecule has 7 heteroatoms. The van der Waals surface area contributed by atoms with Gasteiger partial charge in [0.25, 0.3) is 0 Å². The highest BCUT2D eigenvalue weighted by Crippen LogP contribution is 2.35. The molecule has 2 unspecified atom stereocenters. The summed E-state index contributed by atoms with van der Waals surface area (Å²) in [7, 11) is -4.91. The number of carboxylic acid groups (broad SMARTS) is 2. The molecule has 0 heterocycles. The van der Waals surface area contributed by atoms with Crippen LogP contribution in [0.1, 0.15) is 26.7 Å². The van der Waals surface area contributed by atoms with Crippen LogP contribution < -0.4 is 0 Å². The van der Waals surface area contributed by atoms with Crippen molar-refractivity contribution in [3.63, 3.8) is 0 Å². The molecule has 0 amide bonds. The summed E-state index contributed by atoms with van der Waals surface area (Å²) in [5, 5.41) is 18.5. The molecular weight excluding hydrogens is 280 g/mol. The Labute approximate surface area is 117 Å². The van der Waals surface area contributed by atoms with Crippen molar-refractivity contribution >= 4 is 28.6 Å². The summed E-state index contributed by atoms with van der Waals surface area (Å²) in [5.41, 5.74) is -0.990. The number of aliphatic carboxylic acids is 2. The zero-order valence-electron chi connectivity index (χ0n) is 12.7. The van der Waals surface area contributed by atoms with Gasteiger partial charge < -0.3 is 14.3 Å². The first-order chi connectivity index (χ1) is 8.49. The van der Waals surface area contributed by atoms with E-state index < -0.39 is 39.7 Å². The zero-order chi connectivity index (χ0) is 15.4. The second kappa shape index (κ2) is 6.67. The van der Waals surface area contributed by atoms with Crippen molar-refractivity contribution in [2.75, 3.05) is 0 Å². The predicted molar refractivity (Wildman–Crippen MR) is 79.4 cm³/mol. The standard InChI is InChI=1S/C12H26O5Si2/c1-7-9(11(13)14)18(3,4)17-19(5,6)10(8-2)12(15)16/h9-10H,7-8H2,1-6H3,(H,13,14)(H,15,16). The van der Waals surface area contributed by atoms with Crippen molar-refractivity contribution in [1.29, 1.82) is 0 Å².